The van der Waals surface area contributed by atoms with E-state index in [9.17, 15) is 4.79 Å². The fraction of sp³-hybridized carbons (Fsp3) is 0.556. The van der Waals surface area contributed by atoms with Gasteiger partial charge in [-0.05, 0) is 13.3 Å². The normalized spacial score (nSPS) is 15.0. The summed E-state index contributed by atoms with van der Waals surface area (Å²) < 4.78 is 1.71. The Labute approximate surface area is 187 Å². The number of aromatic nitrogens is 3. The lowest BCUT2D eigenvalue weighted by molar-refractivity contribution is -0.120. The van der Waals surface area contributed by atoms with Gasteiger partial charge in [0.25, 0.3) is 0 Å². The molecule has 1 saturated heterocycles. The third kappa shape index (κ3) is 5.66. The van der Waals surface area contributed by atoms with Gasteiger partial charge < -0.3 is 15.1 Å². The second kappa shape index (κ2) is 10.7. The van der Waals surface area contributed by atoms with E-state index in [1.807, 2.05) is 31.3 Å². The molecule has 0 aliphatic carbocycles. The van der Waals surface area contributed by atoms with E-state index in [1.54, 1.807) is 27.1 Å². The standard InChI is InChI=1S/C18H27N7OS.HI/c1-4-15-11-21-16(27-15)6-7-20-18(19-5-2)24-8-9-25(17(26)13-24)14-10-22-23(3)12-14;/h10-12H,4-9,13H2,1-3H3,(H,19,20);1H. The average Bonchev–Trinajstić information content (AvgIpc) is 3.29. The molecule has 3 rings (SSSR count). The van der Waals surface area contributed by atoms with Crippen LogP contribution in [0, 0.1) is 0 Å². The van der Waals surface area contributed by atoms with Crippen molar-refractivity contribution >= 4 is 52.9 Å². The third-order valence-electron chi connectivity index (χ3n) is 4.40. The van der Waals surface area contributed by atoms with Crippen molar-refractivity contribution in [1.29, 1.82) is 0 Å². The Kier molecular flexibility index (Phi) is 8.67. The second-order valence-electron chi connectivity index (χ2n) is 6.40. The quantitative estimate of drug-likeness (QED) is 0.360. The molecular formula is C18H28IN7OS. The van der Waals surface area contributed by atoms with E-state index in [0.717, 1.165) is 42.6 Å². The highest BCUT2D eigenvalue weighted by Gasteiger charge is 2.27. The maximum atomic E-state index is 12.6. The Morgan fingerprint density at radius 2 is 2.14 bits per heavy atom. The number of carbonyl (C=O) groups excluding carboxylic acids is 1. The van der Waals surface area contributed by atoms with Gasteiger partial charge in [0, 0.05) is 56.9 Å². The third-order valence-corrected chi connectivity index (χ3v) is 5.60. The van der Waals surface area contributed by atoms with Crippen LogP contribution in [-0.4, -0.2) is 64.3 Å². The van der Waals surface area contributed by atoms with Crippen molar-refractivity contribution in [3.63, 3.8) is 0 Å². The molecule has 0 aromatic carbocycles. The highest BCUT2D eigenvalue weighted by molar-refractivity contribution is 14.0. The van der Waals surface area contributed by atoms with Gasteiger partial charge >= 0.3 is 0 Å². The molecular weight excluding hydrogens is 489 g/mol. The fourth-order valence-corrected chi connectivity index (χ4v) is 3.84. The number of amides is 1. The maximum absolute atomic E-state index is 12.6. The number of halogens is 1. The molecule has 1 aliphatic heterocycles. The largest absolute Gasteiger partial charge is 0.357 e. The predicted molar refractivity (Wildman–Crippen MR) is 124 cm³/mol. The van der Waals surface area contributed by atoms with Crippen LogP contribution in [0.2, 0.25) is 0 Å². The first-order chi connectivity index (χ1) is 13.1. The van der Waals surface area contributed by atoms with E-state index in [-0.39, 0.29) is 29.9 Å². The van der Waals surface area contributed by atoms with Crippen molar-refractivity contribution in [1.82, 2.24) is 25.0 Å². The number of carbonyl (C=O) groups is 1. The van der Waals surface area contributed by atoms with Gasteiger partial charge in [-0.25, -0.2) is 4.98 Å². The number of aliphatic imine (C=N–C) groups is 1. The van der Waals surface area contributed by atoms with Gasteiger partial charge in [0.15, 0.2) is 5.96 Å². The first-order valence-corrected chi connectivity index (χ1v) is 10.2. The molecule has 0 saturated carbocycles. The number of hydrogen-bond donors (Lipinski definition) is 1. The molecule has 28 heavy (non-hydrogen) atoms. The summed E-state index contributed by atoms with van der Waals surface area (Å²) in [5.74, 6) is 0.858. The molecule has 2 aromatic heterocycles. The van der Waals surface area contributed by atoms with E-state index in [0.29, 0.717) is 19.6 Å². The second-order valence-corrected chi connectivity index (χ2v) is 7.60. The summed E-state index contributed by atoms with van der Waals surface area (Å²) in [6, 6.07) is 0. The molecule has 1 amide bonds. The van der Waals surface area contributed by atoms with Crippen molar-refractivity contribution in [3.05, 3.63) is 28.5 Å². The predicted octanol–water partition coefficient (Wildman–Crippen LogP) is 1.91. The molecule has 0 atom stereocenters. The van der Waals surface area contributed by atoms with Crippen molar-refractivity contribution < 1.29 is 4.79 Å². The molecule has 0 unspecified atom stereocenters. The topological polar surface area (TPSA) is 78.7 Å². The maximum Gasteiger partial charge on any atom is 0.246 e. The molecule has 0 radical (unpaired) electrons. The highest BCUT2D eigenvalue weighted by atomic mass is 127. The van der Waals surface area contributed by atoms with E-state index >= 15 is 0 Å². The van der Waals surface area contributed by atoms with Crippen LogP contribution in [0.15, 0.2) is 23.6 Å². The SMILES string of the molecule is CCNC(=NCCc1ncc(CC)s1)N1CCN(c2cnn(C)c2)C(=O)C1.I. The Morgan fingerprint density at radius 3 is 2.75 bits per heavy atom. The van der Waals surface area contributed by atoms with Gasteiger partial charge in [-0.1, -0.05) is 6.92 Å². The highest BCUT2D eigenvalue weighted by Crippen LogP contribution is 2.16. The zero-order chi connectivity index (χ0) is 19.2. The lowest BCUT2D eigenvalue weighted by atomic mass is 10.3. The summed E-state index contributed by atoms with van der Waals surface area (Å²) in [6.45, 7) is 7.30. The van der Waals surface area contributed by atoms with Crippen LogP contribution < -0.4 is 10.2 Å². The van der Waals surface area contributed by atoms with Crippen molar-refractivity contribution in [2.75, 3.05) is 37.6 Å². The number of anilines is 1. The van der Waals surface area contributed by atoms with E-state index in [4.69, 9.17) is 4.99 Å². The monoisotopic (exact) mass is 517 g/mol. The number of aryl methyl sites for hydroxylation is 2. The summed E-state index contributed by atoms with van der Waals surface area (Å²) >= 11 is 1.75. The number of thiazole rings is 1. The van der Waals surface area contributed by atoms with Crippen LogP contribution in [0.4, 0.5) is 5.69 Å². The van der Waals surface area contributed by atoms with Crippen LogP contribution in [0.25, 0.3) is 0 Å². The molecule has 8 nitrogen and oxygen atoms in total. The van der Waals surface area contributed by atoms with Crippen LogP contribution in [-0.2, 0) is 24.7 Å². The zero-order valence-corrected chi connectivity index (χ0v) is 19.7. The van der Waals surface area contributed by atoms with Gasteiger partial charge in [0.05, 0.1) is 16.9 Å². The Hall–Kier alpha value is -1.69. The van der Waals surface area contributed by atoms with Gasteiger partial charge in [0.2, 0.25) is 5.91 Å². The summed E-state index contributed by atoms with van der Waals surface area (Å²) in [7, 11) is 1.85. The minimum absolute atomic E-state index is 0. The van der Waals surface area contributed by atoms with Crippen LogP contribution >= 0.6 is 35.3 Å². The first-order valence-electron chi connectivity index (χ1n) is 9.36. The number of nitrogens with one attached hydrogen (secondary N) is 1. The van der Waals surface area contributed by atoms with E-state index < -0.39 is 0 Å². The fourth-order valence-electron chi connectivity index (χ4n) is 2.98. The zero-order valence-electron chi connectivity index (χ0n) is 16.6. The summed E-state index contributed by atoms with van der Waals surface area (Å²) in [5.41, 5.74) is 0.847. The van der Waals surface area contributed by atoms with Crippen molar-refractivity contribution in [2.45, 2.75) is 26.7 Å². The molecule has 0 spiro atoms. The molecule has 1 fully saturated rings. The minimum atomic E-state index is 0. The molecule has 1 N–H and O–H groups in total. The Bertz CT molecular complexity index is 803. The van der Waals surface area contributed by atoms with Gasteiger partial charge in [-0.3, -0.25) is 14.5 Å². The van der Waals surface area contributed by atoms with E-state index in [1.165, 1.54) is 4.88 Å². The van der Waals surface area contributed by atoms with Crippen molar-refractivity contribution in [2.24, 2.45) is 12.0 Å². The summed E-state index contributed by atoms with van der Waals surface area (Å²) in [6.07, 6.45) is 7.39. The average molecular weight is 517 g/mol. The summed E-state index contributed by atoms with van der Waals surface area (Å²) in [4.78, 5) is 26.9. The van der Waals surface area contributed by atoms with Gasteiger partial charge in [-0.15, -0.1) is 35.3 Å². The molecule has 3 heterocycles. The van der Waals surface area contributed by atoms with Crippen LogP contribution in [0.1, 0.15) is 23.7 Å². The van der Waals surface area contributed by atoms with Crippen molar-refractivity contribution in [3.8, 4) is 0 Å². The van der Waals surface area contributed by atoms with Crippen LogP contribution in [0.5, 0.6) is 0 Å². The van der Waals surface area contributed by atoms with Crippen LogP contribution in [0.3, 0.4) is 0 Å². The van der Waals surface area contributed by atoms with E-state index in [2.05, 4.69) is 22.3 Å². The molecule has 10 heteroatoms. The lowest BCUT2D eigenvalue weighted by Crippen LogP contribution is -2.55. The number of nitrogens with zero attached hydrogens (tertiary/aromatic N) is 6. The number of hydrogen-bond acceptors (Lipinski definition) is 5. The number of piperazine rings is 1. The Balaban J connectivity index is 0.00000280. The molecule has 154 valence electrons. The minimum Gasteiger partial charge on any atom is -0.357 e. The molecule has 1 aliphatic rings. The summed E-state index contributed by atoms with van der Waals surface area (Å²) in [5, 5.41) is 8.58. The number of rotatable bonds is 6. The van der Waals surface area contributed by atoms with Gasteiger partial charge in [-0.2, -0.15) is 5.10 Å². The number of guanidine groups is 1. The molecule has 0 bridgehead atoms. The Morgan fingerprint density at radius 1 is 1.32 bits per heavy atom. The lowest BCUT2D eigenvalue weighted by Gasteiger charge is -2.35. The first kappa shape index (κ1) is 22.6. The molecule has 2 aromatic rings. The smallest absolute Gasteiger partial charge is 0.246 e. The van der Waals surface area contributed by atoms with Gasteiger partial charge in [0.1, 0.15) is 6.54 Å².